The maximum Gasteiger partial charge on any atom is 0.206 e. The third-order valence-electron chi connectivity index (χ3n) is 2.49. The number of hydrogen-bond acceptors (Lipinski definition) is 6. The van der Waals surface area contributed by atoms with Gasteiger partial charge in [-0.2, -0.15) is 0 Å². The van der Waals surface area contributed by atoms with E-state index in [0.29, 0.717) is 16.0 Å². The molecule has 0 spiro atoms. The number of rotatable bonds is 7. The lowest BCUT2D eigenvalue weighted by Crippen LogP contribution is -2.04. The van der Waals surface area contributed by atoms with E-state index in [2.05, 4.69) is 22.1 Å². The van der Waals surface area contributed by atoms with Crippen molar-refractivity contribution in [1.29, 1.82) is 0 Å². The van der Waals surface area contributed by atoms with Crippen LogP contribution < -0.4 is 5.32 Å². The Morgan fingerprint density at radius 3 is 3.00 bits per heavy atom. The van der Waals surface area contributed by atoms with E-state index in [9.17, 15) is 13.9 Å². The fourth-order valence-corrected chi connectivity index (χ4v) is 3.25. The van der Waals surface area contributed by atoms with Crippen molar-refractivity contribution in [2.45, 2.75) is 10.4 Å². The highest BCUT2D eigenvalue weighted by atomic mass is 32.2. The van der Waals surface area contributed by atoms with Gasteiger partial charge in [0.25, 0.3) is 0 Å². The molecule has 1 unspecified atom stereocenters. The van der Waals surface area contributed by atoms with Crippen LogP contribution in [0.15, 0.2) is 35.2 Å². The van der Waals surface area contributed by atoms with Crippen molar-refractivity contribution in [2.24, 2.45) is 0 Å². The first kappa shape index (κ1) is 15.9. The van der Waals surface area contributed by atoms with Crippen LogP contribution in [0.1, 0.15) is 11.7 Å². The molecule has 1 atom stereocenters. The molecule has 0 saturated carbocycles. The molecule has 0 amide bonds. The van der Waals surface area contributed by atoms with Crippen molar-refractivity contribution in [1.82, 2.24) is 10.2 Å². The molecule has 8 heteroatoms. The molecular weight excluding hydrogens is 316 g/mol. The minimum absolute atomic E-state index is 0.0583. The molecular formula is C13H13F2N3OS2. The average molecular weight is 329 g/mol. The van der Waals surface area contributed by atoms with Gasteiger partial charge in [0.05, 0.1) is 6.10 Å². The van der Waals surface area contributed by atoms with E-state index in [-0.39, 0.29) is 11.3 Å². The predicted octanol–water partition coefficient (Wildman–Crippen LogP) is 3.24. The maximum absolute atomic E-state index is 13.5. The van der Waals surface area contributed by atoms with Gasteiger partial charge >= 0.3 is 0 Å². The zero-order chi connectivity index (χ0) is 15.2. The van der Waals surface area contributed by atoms with Gasteiger partial charge < -0.3 is 10.4 Å². The van der Waals surface area contributed by atoms with Crippen LogP contribution in [0.2, 0.25) is 0 Å². The summed E-state index contributed by atoms with van der Waals surface area (Å²) in [5.41, 5.74) is -0.0583. The Morgan fingerprint density at radius 1 is 1.43 bits per heavy atom. The summed E-state index contributed by atoms with van der Waals surface area (Å²) >= 11 is 2.55. The van der Waals surface area contributed by atoms with E-state index in [0.717, 1.165) is 18.2 Å². The molecule has 112 valence electrons. The van der Waals surface area contributed by atoms with Gasteiger partial charge in [0.2, 0.25) is 5.13 Å². The second-order valence-electron chi connectivity index (χ2n) is 4.04. The quantitative estimate of drug-likeness (QED) is 0.603. The van der Waals surface area contributed by atoms with Gasteiger partial charge in [-0.25, -0.2) is 8.78 Å². The van der Waals surface area contributed by atoms with Crippen LogP contribution in [-0.2, 0) is 0 Å². The average Bonchev–Trinajstić information content (AvgIpc) is 2.93. The van der Waals surface area contributed by atoms with Gasteiger partial charge in [-0.15, -0.1) is 16.8 Å². The van der Waals surface area contributed by atoms with Gasteiger partial charge in [-0.3, -0.25) is 0 Å². The third-order valence-corrected chi connectivity index (χ3v) is 4.58. The van der Waals surface area contributed by atoms with Gasteiger partial charge in [0, 0.05) is 17.9 Å². The van der Waals surface area contributed by atoms with Gasteiger partial charge in [-0.05, 0) is 18.2 Å². The third kappa shape index (κ3) is 4.48. The molecule has 4 nitrogen and oxygen atoms in total. The summed E-state index contributed by atoms with van der Waals surface area (Å²) in [6, 6.07) is 3.01. The fraction of sp³-hybridized carbons (Fsp3) is 0.231. The first-order chi connectivity index (χ1) is 10.1. The van der Waals surface area contributed by atoms with Crippen LogP contribution in [0.5, 0.6) is 0 Å². The number of aromatic nitrogens is 2. The highest BCUT2D eigenvalue weighted by Crippen LogP contribution is 2.30. The molecule has 0 aliphatic carbocycles. The highest BCUT2D eigenvalue weighted by Gasteiger charge is 2.15. The standard InChI is InChI=1S/C13H13F2N3OS2/c1-2-5-16-12-17-18-13(21-12)20-7-11(19)9-6-8(14)3-4-10(9)15/h2-4,6,11,19H,1,5,7H2,(H,16,17). The van der Waals surface area contributed by atoms with E-state index in [1.165, 1.54) is 23.1 Å². The molecule has 2 aromatic rings. The zero-order valence-electron chi connectivity index (χ0n) is 10.9. The number of anilines is 1. The van der Waals surface area contributed by atoms with Crippen LogP contribution in [-0.4, -0.2) is 27.6 Å². The Kier molecular flexibility index (Phi) is 5.66. The van der Waals surface area contributed by atoms with E-state index in [1.807, 2.05) is 0 Å². The van der Waals surface area contributed by atoms with E-state index in [4.69, 9.17) is 0 Å². The van der Waals surface area contributed by atoms with Gasteiger partial charge in [0.15, 0.2) is 4.34 Å². The largest absolute Gasteiger partial charge is 0.387 e. The summed E-state index contributed by atoms with van der Waals surface area (Å²) in [7, 11) is 0. The second kappa shape index (κ2) is 7.48. The fourth-order valence-electron chi connectivity index (χ4n) is 1.51. The smallest absolute Gasteiger partial charge is 0.206 e. The van der Waals surface area contributed by atoms with Crippen LogP contribution in [0.25, 0.3) is 0 Å². The van der Waals surface area contributed by atoms with Gasteiger partial charge in [0.1, 0.15) is 11.6 Å². The van der Waals surface area contributed by atoms with Crippen molar-refractivity contribution in [3.05, 3.63) is 48.1 Å². The van der Waals surface area contributed by atoms with Crippen molar-refractivity contribution in [2.75, 3.05) is 17.6 Å². The minimum Gasteiger partial charge on any atom is -0.387 e. The lowest BCUT2D eigenvalue weighted by molar-refractivity contribution is 0.198. The molecule has 0 aliphatic heterocycles. The van der Waals surface area contributed by atoms with E-state index in [1.54, 1.807) is 6.08 Å². The molecule has 2 N–H and O–H groups in total. The van der Waals surface area contributed by atoms with Crippen molar-refractivity contribution in [3.8, 4) is 0 Å². The van der Waals surface area contributed by atoms with Crippen molar-refractivity contribution in [3.63, 3.8) is 0 Å². The zero-order valence-corrected chi connectivity index (χ0v) is 12.6. The minimum atomic E-state index is -1.11. The first-order valence-electron chi connectivity index (χ1n) is 6.04. The summed E-state index contributed by atoms with van der Waals surface area (Å²) in [6.45, 7) is 4.16. The molecule has 0 bridgehead atoms. The summed E-state index contributed by atoms with van der Waals surface area (Å²) in [5.74, 6) is -1.05. The molecule has 21 heavy (non-hydrogen) atoms. The molecule has 1 aromatic carbocycles. The molecule has 1 heterocycles. The SMILES string of the molecule is C=CCNc1nnc(SCC(O)c2cc(F)ccc2F)s1. The number of halogens is 2. The molecule has 1 aromatic heterocycles. The van der Waals surface area contributed by atoms with E-state index >= 15 is 0 Å². The molecule has 2 rings (SSSR count). The Bertz CT molecular complexity index is 621. The second-order valence-corrected chi connectivity index (χ2v) is 6.28. The topological polar surface area (TPSA) is 58.0 Å². The van der Waals surface area contributed by atoms with Crippen LogP contribution in [0.4, 0.5) is 13.9 Å². The highest BCUT2D eigenvalue weighted by molar-refractivity contribution is 8.01. The number of hydrogen-bond donors (Lipinski definition) is 2. The number of thioether (sulfide) groups is 1. The lowest BCUT2D eigenvalue weighted by Gasteiger charge is -2.10. The molecule has 0 fully saturated rings. The number of aliphatic hydroxyl groups excluding tert-OH is 1. The molecule has 0 aliphatic rings. The summed E-state index contributed by atoms with van der Waals surface area (Å²) < 4.78 is 27.2. The normalized spacial score (nSPS) is 12.1. The lowest BCUT2D eigenvalue weighted by atomic mass is 10.1. The Morgan fingerprint density at radius 2 is 2.24 bits per heavy atom. The van der Waals surface area contributed by atoms with E-state index < -0.39 is 17.7 Å². The Balaban J connectivity index is 1.94. The van der Waals surface area contributed by atoms with Crippen LogP contribution >= 0.6 is 23.1 Å². The van der Waals surface area contributed by atoms with Crippen molar-refractivity contribution < 1.29 is 13.9 Å². The molecule has 0 saturated heterocycles. The number of nitrogens with one attached hydrogen (secondary N) is 1. The van der Waals surface area contributed by atoms with Crippen LogP contribution in [0.3, 0.4) is 0 Å². The summed E-state index contributed by atoms with van der Waals surface area (Å²) in [4.78, 5) is 0. The Hall–Kier alpha value is -1.51. The molecule has 0 radical (unpaired) electrons. The number of aliphatic hydroxyl groups is 1. The predicted molar refractivity (Wildman–Crippen MR) is 80.6 cm³/mol. The van der Waals surface area contributed by atoms with Crippen molar-refractivity contribution >= 4 is 28.2 Å². The first-order valence-corrected chi connectivity index (χ1v) is 7.84. The summed E-state index contributed by atoms with van der Waals surface area (Å²) in [5, 5.41) is 21.4. The number of nitrogens with zero attached hydrogens (tertiary/aromatic N) is 2. The van der Waals surface area contributed by atoms with Crippen LogP contribution in [0, 0.1) is 11.6 Å². The van der Waals surface area contributed by atoms with Gasteiger partial charge in [-0.1, -0.05) is 29.2 Å². The Labute approximate surface area is 128 Å². The number of benzene rings is 1. The monoisotopic (exact) mass is 329 g/mol. The maximum atomic E-state index is 13.5. The summed E-state index contributed by atoms with van der Waals surface area (Å²) in [6.07, 6.45) is 0.587.